The minimum Gasteiger partial charge on any atom is -0.336 e. The van der Waals surface area contributed by atoms with Crippen LogP contribution in [0.5, 0.6) is 0 Å². The molecule has 0 saturated carbocycles. The highest BCUT2D eigenvalue weighted by atomic mass is 35.5. The predicted octanol–water partition coefficient (Wildman–Crippen LogP) is 1.57. The monoisotopic (exact) mass is 413 g/mol. The van der Waals surface area contributed by atoms with Crippen molar-refractivity contribution in [3.63, 3.8) is 0 Å². The third-order valence-electron chi connectivity index (χ3n) is 5.88. The Morgan fingerprint density at radius 1 is 1.04 bits per heavy atom. The number of nitrogens with one attached hydrogen (secondary N) is 1. The summed E-state index contributed by atoms with van der Waals surface area (Å²) in [7, 11) is -3.50. The summed E-state index contributed by atoms with van der Waals surface area (Å²) in [5.74, 6) is 0.0780. The van der Waals surface area contributed by atoms with Crippen molar-refractivity contribution < 1.29 is 13.2 Å². The molecule has 1 aromatic rings. The molecule has 2 heterocycles. The quantitative estimate of drug-likeness (QED) is 0.816. The molecule has 6 nitrogen and oxygen atoms in total. The molecule has 1 aliphatic carbocycles. The van der Waals surface area contributed by atoms with Crippen LogP contribution >= 0.6 is 12.4 Å². The molecule has 2 aliphatic heterocycles. The Bertz CT molecular complexity index is 799. The SMILES string of the molecule is Cl.O=C1CNCCN1C1CCCN(S(=O)(=O)c2ccc3c(c2)CCCC3)C1. The summed E-state index contributed by atoms with van der Waals surface area (Å²) in [6.45, 7) is 2.74. The number of hydrogen-bond donors (Lipinski definition) is 1. The van der Waals surface area contributed by atoms with Gasteiger partial charge in [0, 0.05) is 32.2 Å². The Labute approximate surface area is 167 Å². The van der Waals surface area contributed by atoms with Gasteiger partial charge in [-0.2, -0.15) is 4.31 Å². The van der Waals surface area contributed by atoms with Crippen LogP contribution in [0.25, 0.3) is 0 Å². The number of carbonyl (C=O) groups excluding carboxylic acids is 1. The summed E-state index contributed by atoms with van der Waals surface area (Å²) in [4.78, 5) is 14.4. The number of fused-ring (bicyclic) bond motifs is 1. The van der Waals surface area contributed by atoms with E-state index in [0.717, 1.165) is 38.6 Å². The number of rotatable bonds is 3. The molecule has 1 aromatic carbocycles. The molecular formula is C19H28ClN3O3S. The van der Waals surface area contributed by atoms with E-state index in [-0.39, 0.29) is 24.4 Å². The first kappa shape index (κ1) is 20.6. The highest BCUT2D eigenvalue weighted by Gasteiger charge is 2.35. The minimum atomic E-state index is -3.50. The number of halogens is 1. The molecule has 150 valence electrons. The van der Waals surface area contributed by atoms with Crippen LogP contribution in [0.15, 0.2) is 23.1 Å². The van der Waals surface area contributed by atoms with Crippen LogP contribution in [0.3, 0.4) is 0 Å². The maximum atomic E-state index is 13.2. The molecule has 2 fully saturated rings. The predicted molar refractivity (Wildman–Crippen MR) is 107 cm³/mol. The fourth-order valence-electron chi connectivity index (χ4n) is 4.42. The van der Waals surface area contributed by atoms with E-state index in [1.54, 1.807) is 10.4 Å². The van der Waals surface area contributed by atoms with Crippen molar-refractivity contribution in [2.45, 2.75) is 49.5 Å². The van der Waals surface area contributed by atoms with E-state index < -0.39 is 10.0 Å². The van der Waals surface area contributed by atoms with Gasteiger partial charge in [-0.1, -0.05) is 6.07 Å². The third-order valence-corrected chi connectivity index (χ3v) is 7.74. The molecule has 0 radical (unpaired) electrons. The van der Waals surface area contributed by atoms with Crippen LogP contribution < -0.4 is 5.32 Å². The zero-order valence-electron chi connectivity index (χ0n) is 15.5. The van der Waals surface area contributed by atoms with Gasteiger partial charge in [0.15, 0.2) is 0 Å². The Morgan fingerprint density at radius 3 is 2.59 bits per heavy atom. The molecule has 0 spiro atoms. The summed E-state index contributed by atoms with van der Waals surface area (Å²) >= 11 is 0. The first-order valence-electron chi connectivity index (χ1n) is 9.68. The molecule has 2 saturated heterocycles. The number of benzene rings is 1. The highest BCUT2D eigenvalue weighted by Crippen LogP contribution is 2.28. The molecule has 0 bridgehead atoms. The first-order valence-corrected chi connectivity index (χ1v) is 11.1. The van der Waals surface area contributed by atoms with E-state index in [2.05, 4.69) is 5.32 Å². The number of piperidine rings is 1. The lowest BCUT2D eigenvalue weighted by atomic mass is 9.92. The lowest BCUT2D eigenvalue weighted by molar-refractivity contribution is -0.135. The Hall–Kier alpha value is -1.15. The number of piperazine rings is 1. The number of aryl methyl sites for hydroxylation is 2. The van der Waals surface area contributed by atoms with Crippen molar-refractivity contribution >= 4 is 28.3 Å². The highest BCUT2D eigenvalue weighted by molar-refractivity contribution is 7.89. The summed E-state index contributed by atoms with van der Waals surface area (Å²) in [5.41, 5.74) is 2.47. The van der Waals surface area contributed by atoms with Gasteiger partial charge in [0.25, 0.3) is 0 Å². The number of amides is 1. The van der Waals surface area contributed by atoms with Gasteiger partial charge in [0.1, 0.15) is 0 Å². The smallest absolute Gasteiger partial charge is 0.243 e. The van der Waals surface area contributed by atoms with Crippen LogP contribution in [-0.4, -0.2) is 62.3 Å². The van der Waals surface area contributed by atoms with E-state index in [1.165, 1.54) is 17.5 Å². The second kappa shape index (κ2) is 8.47. The van der Waals surface area contributed by atoms with Crippen LogP contribution in [0.2, 0.25) is 0 Å². The molecule has 4 rings (SSSR count). The third kappa shape index (κ3) is 4.16. The van der Waals surface area contributed by atoms with Crippen molar-refractivity contribution in [1.82, 2.24) is 14.5 Å². The van der Waals surface area contributed by atoms with Gasteiger partial charge in [0.2, 0.25) is 15.9 Å². The molecule has 3 aliphatic rings. The topological polar surface area (TPSA) is 69.7 Å². The zero-order chi connectivity index (χ0) is 18.1. The molecule has 8 heteroatoms. The standard InChI is InChI=1S/C19H27N3O3S.ClH/c23-19-13-20-9-11-22(19)17-6-3-10-21(14-17)26(24,25)18-8-7-15-4-1-2-5-16(15)12-18;/h7-8,12,17,20H,1-6,9-11,13-14H2;1H. The molecule has 1 atom stereocenters. The molecule has 1 amide bonds. The van der Waals surface area contributed by atoms with E-state index in [9.17, 15) is 13.2 Å². The van der Waals surface area contributed by atoms with Gasteiger partial charge in [-0.25, -0.2) is 8.42 Å². The van der Waals surface area contributed by atoms with E-state index in [0.29, 0.717) is 31.1 Å². The van der Waals surface area contributed by atoms with Gasteiger partial charge in [-0.3, -0.25) is 4.79 Å². The number of sulfonamides is 1. The number of hydrogen-bond acceptors (Lipinski definition) is 4. The Balaban J connectivity index is 0.00000210. The van der Waals surface area contributed by atoms with Crippen LogP contribution in [0, 0.1) is 0 Å². The molecule has 0 aromatic heterocycles. The lowest BCUT2D eigenvalue weighted by Crippen LogP contribution is -2.57. The maximum Gasteiger partial charge on any atom is 0.243 e. The van der Waals surface area contributed by atoms with Crippen molar-refractivity contribution in [2.75, 3.05) is 32.7 Å². The second-order valence-corrected chi connectivity index (χ2v) is 9.50. The summed E-state index contributed by atoms with van der Waals surface area (Å²) in [6.07, 6.45) is 6.01. The van der Waals surface area contributed by atoms with Crippen molar-refractivity contribution in [2.24, 2.45) is 0 Å². The molecule has 1 unspecified atom stereocenters. The Kier molecular flexibility index (Phi) is 6.46. The maximum absolute atomic E-state index is 13.2. The van der Waals surface area contributed by atoms with Gasteiger partial charge in [-0.05, 0) is 61.8 Å². The van der Waals surface area contributed by atoms with E-state index in [4.69, 9.17) is 0 Å². The van der Waals surface area contributed by atoms with Crippen molar-refractivity contribution in [1.29, 1.82) is 0 Å². The fraction of sp³-hybridized carbons (Fsp3) is 0.632. The average Bonchev–Trinajstić information content (AvgIpc) is 2.68. The van der Waals surface area contributed by atoms with Crippen LogP contribution in [-0.2, 0) is 27.7 Å². The zero-order valence-corrected chi connectivity index (χ0v) is 17.2. The van der Waals surface area contributed by atoms with Gasteiger partial charge < -0.3 is 10.2 Å². The van der Waals surface area contributed by atoms with Gasteiger partial charge >= 0.3 is 0 Å². The molecule has 1 N–H and O–H groups in total. The van der Waals surface area contributed by atoms with Crippen LogP contribution in [0.4, 0.5) is 0 Å². The molecular weight excluding hydrogens is 386 g/mol. The van der Waals surface area contributed by atoms with Crippen molar-refractivity contribution in [3.8, 4) is 0 Å². The van der Waals surface area contributed by atoms with E-state index in [1.807, 2.05) is 17.0 Å². The van der Waals surface area contributed by atoms with E-state index >= 15 is 0 Å². The summed E-state index contributed by atoms with van der Waals surface area (Å²) < 4.78 is 28.0. The summed E-state index contributed by atoms with van der Waals surface area (Å²) in [5, 5.41) is 3.08. The van der Waals surface area contributed by atoms with Gasteiger partial charge in [0.05, 0.1) is 11.4 Å². The van der Waals surface area contributed by atoms with Crippen LogP contribution in [0.1, 0.15) is 36.8 Å². The molecule has 27 heavy (non-hydrogen) atoms. The average molecular weight is 414 g/mol. The number of nitrogens with zero attached hydrogens (tertiary/aromatic N) is 2. The van der Waals surface area contributed by atoms with Gasteiger partial charge in [-0.15, -0.1) is 12.4 Å². The second-order valence-electron chi connectivity index (χ2n) is 7.56. The lowest BCUT2D eigenvalue weighted by Gasteiger charge is -2.40. The minimum absolute atomic E-state index is 0. The fourth-order valence-corrected chi connectivity index (χ4v) is 5.99. The Morgan fingerprint density at radius 2 is 1.81 bits per heavy atom. The number of carbonyl (C=O) groups is 1. The largest absolute Gasteiger partial charge is 0.336 e. The van der Waals surface area contributed by atoms with Crippen molar-refractivity contribution in [3.05, 3.63) is 29.3 Å². The normalized spacial score (nSPS) is 24.2. The summed E-state index contributed by atoms with van der Waals surface area (Å²) in [6, 6.07) is 5.62. The first-order chi connectivity index (χ1) is 12.6.